The lowest BCUT2D eigenvalue weighted by molar-refractivity contribution is -0.123. The van der Waals surface area contributed by atoms with Gasteiger partial charge in [-0.25, -0.2) is 0 Å². The first-order valence-electron chi connectivity index (χ1n) is 7.93. The molecule has 3 rings (SSSR count). The fraction of sp³-hybridized carbons (Fsp3) is 0.588. The van der Waals surface area contributed by atoms with Crippen molar-refractivity contribution in [3.63, 3.8) is 0 Å². The first kappa shape index (κ1) is 16.3. The summed E-state index contributed by atoms with van der Waals surface area (Å²) in [7, 11) is 0. The van der Waals surface area contributed by atoms with Crippen LogP contribution >= 0.6 is 12.4 Å². The maximum atomic E-state index is 12.2. The first-order chi connectivity index (χ1) is 9.84. The van der Waals surface area contributed by atoms with Crippen LogP contribution in [0.5, 0.6) is 0 Å². The van der Waals surface area contributed by atoms with Crippen molar-refractivity contribution in [2.24, 2.45) is 0 Å². The molecule has 0 bridgehead atoms. The minimum Gasteiger partial charge on any atom is -0.354 e. The van der Waals surface area contributed by atoms with Crippen LogP contribution < -0.4 is 10.6 Å². The zero-order valence-corrected chi connectivity index (χ0v) is 13.3. The second kappa shape index (κ2) is 7.81. The summed E-state index contributed by atoms with van der Waals surface area (Å²) >= 11 is 0. The van der Waals surface area contributed by atoms with Crippen LogP contribution in [0.1, 0.15) is 49.1 Å². The molecule has 1 aliphatic carbocycles. The average molecular weight is 309 g/mol. The van der Waals surface area contributed by atoms with Crippen molar-refractivity contribution in [1.82, 2.24) is 10.6 Å². The molecule has 2 atom stereocenters. The molecule has 21 heavy (non-hydrogen) atoms. The van der Waals surface area contributed by atoms with E-state index in [1.54, 1.807) is 0 Å². The molecule has 4 heteroatoms. The molecule has 1 aliphatic heterocycles. The number of carbonyl (C=O) groups is 1. The Kier molecular flexibility index (Phi) is 6.07. The molecule has 116 valence electrons. The number of hydrogen-bond acceptors (Lipinski definition) is 2. The van der Waals surface area contributed by atoms with E-state index in [9.17, 15) is 4.79 Å². The Hall–Kier alpha value is -1.06. The van der Waals surface area contributed by atoms with Crippen molar-refractivity contribution in [3.8, 4) is 0 Å². The summed E-state index contributed by atoms with van der Waals surface area (Å²) in [5.41, 5.74) is 2.91. The van der Waals surface area contributed by atoms with E-state index in [2.05, 4.69) is 34.9 Å². The summed E-state index contributed by atoms with van der Waals surface area (Å²) in [6.45, 7) is 1.76. The van der Waals surface area contributed by atoms with Crippen LogP contribution in [-0.4, -0.2) is 25.0 Å². The van der Waals surface area contributed by atoms with E-state index in [-0.39, 0.29) is 24.4 Å². The largest absolute Gasteiger partial charge is 0.354 e. The number of rotatable bonds is 3. The number of halogens is 1. The molecule has 0 saturated carbocycles. The Morgan fingerprint density at radius 2 is 2.05 bits per heavy atom. The highest BCUT2D eigenvalue weighted by molar-refractivity contribution is 5.85. The van der Waals surface area contributed by atoms with Gasteiger partial charge in [-0.3, -0.25) is 4.79 Å². The van der Waals surface area contributed by atoms with Crippen molar-refractivity contribution < 1.29 is 4.79 Å². The lowest BCUT2D eigenvalue weighted by atomic mass is 9.83. The van der Waals surface area contributed by atoms with Crippen LogP contribution in [0.15, 0.2) is 24.3 Å². The first-order valence-corrected chi connectivity index (χ1v) is 7.93. The lowest BCUT2D eigenvalue weighted by Gasteiger charge is -2.27. The standard InChI is InChI=1S/C17H24N2O.ClH/c20-17(16-10-3-4-11-18-16)19-12-14-8-5-7-13-6-1-2-9-15(13)14;/h1-2,6,9,14,16,18H,3-5,7-8,10-12H2,(H,19,20);1H. The van der Waals surface area contributed by atoms with Gasteiger partial charge in [0.2, 0.25) is 5.91 Å². The van der Waals surface area contributed by atoms with Crippen LogP contribution in [0.3, 0.4) is 0 Å². The summed E-state index contributed by atoms with van der Waals surface area (Å²) < 4.78 is 0. The van der Waals surface area contributed by atoms with Crippen molar-refractivity contribution in [2.45, 2.75) is 50.5 Å². The Morgan fingerprint density at radius 1 is 1.19 bits per heavy atom. The SMILES string of the molecule is Cl.O=C(NCC1CCCc2ccccc21)C1CCCCN1. The summed E-state index contributed by atoms with van der Waals surface area (Å²) in [4.78, 5) is 12.2. The predicted octanol–water partition coefficient (Wildman–Crippen LogP) is 2.79. The van der Waals surface area contributed by atoms with Gasteiger partial charge in [0, 0.05) is 12.5 Å². The molecule has 2 N–H and O–H groups in total. The van der Waals surface area contributed by atoms with E-state index in [1.807, 2.05) is 0 Å². The number of aryl methyl sites for hydroxylation is 1. The molecule has 1 heterocycles. The fourth-order valence-electron chi connectivity index (χ4n) is 3.49. The average Bonchev–Trinajstić information content (AvgIpc) is 2.53. The van der Waals surface area contributed by atoms with E-state index < -0.39 is 0 Å². The Morgan fingerprint density at radius 3 is 2.86 bits per heavy atom. The van der Waals surface area contributed by atoms with Crippen molar-refractivity contribution >= 4 is 18.3 Å². The van der Waals surface area contributed by atoms with Gasteiger partial charge in [0.1, 0.15) is 0 Å². The predicted molar refractivity (Wildman–Crippen MR) is 88.0 cm³/mol. The molecule has 1 amide bonds. The molecule has 2 unspecified atom stereocenters. The molecule has 3 nitrogen and oxygen atoms in total. The van der Waals surface area contributed by atoms with Crippen LogP contribution in [0.4, 0.5) is 0 Å². The molecule has 0 spiro atoms. The minimum absolute atomic E-state index is 0. The number of piperidine rings is 1. The van der Waals surface area contributed by atoms with Crippen LogP contribution in [-0.2, 0) is 11.2 Å². The molecule has 1 saturated heterocycles. The Labute approximate surface area is 133 Å². The Bertz CT molecular complexity index is 472. The van der Waals surface area contributed by atoms with E-state index in [0.717, 1.165) is 25.9 Å². The topological polar surface area (TPSA) is 41.1 Å². The highest BCUT2D eigenvalue weighted by atomic mass is 35.5. The quantitative estimate of drug-likeness (QED) is 0.901. The normalized spacial score (nSPS) is 24.6. The molecule has 1 aromatic carbocycles. The number of amides is 1. The summed E-state index contributed by atoms with van der Waals surface area (Å²) in [6, 6.07) is 8.71. The number of benzene rings is 1. The molecule has 1 fully saturated rings. The van der Waals surface area contributed by atoms with E-state index in [1.165, 1.54) is 36.8 Å². The monoisotopic (exact) mass is 308 g/mol. The zero-order chi connectivity index (χ0) is 13.8. The van der Waals surface area contributed by atoms with Gasteiger partial charge >= 0.3 is 0 Å². The highest BCUT2D eigenvalue weighted by Crippen LogP contribution is 2.30. The summed E-state index contributed by atoms with van der Waals surface area (Å²) in [6.07, 6.45) is 6.95. The summed E-state index contributed by atoms with van der Waals surface area (Å²) in [5.74, 6) is 0.681. The summed E-state index contributed by atoms with van der Waals surface area (Å²) in [5, 5.41) is 6.48. The van der Waals surface area contributed by atoms with Crippen molar-refractivity contribution in [1.29, 1.82) is 0 Å². The van der Waals surface area contributed by atoms with Gasteiger partial charge in [0.25, 0.3) is 0 Å². The van der Waals surface area contributed by atoms with Gasteiger partial charge in [-0.15, -0.1) is 12.4 Å². The second-order valence-corrected chi connectivity index (χ2v) is 6.04. The minimum atomic E-state index is 0. The third-order valence-corrected chi connectivity index (χ3v) is 4.64. The second-order valence-electron chi connectivity index (χ2n) is 6.04. The maximum Gasteiger partial charge on any atom is 0.237 e. The fourth-order valence-corrected chi connectivity index (χ4v) is 3.49. The molecule has 0 radical (unpaired) electrons. The van der Waals surface area contributed by atoms with Crippen molar-refractivity contribution in [3.05, 3.63) is 35.4 Å². The number of fused-ring (bicyclic) bond motifs is 1. The van der Waals surface area contributed by atoms with Gasteiger partial charge in [0.05, 0.1) is 6.04 Å². The number of hydrogen-bond donors (Lipinski definition) is 2. The van der Waals surface area contributed by atoms with Gasteiger partial charge in [-0.2, -0.15) is 0 Å². The van der Waals surface area contributed by atoms with E-state index in [0.29, 0.717) is 5.92 Å². The maximum absolute atomic E-state index is 12.2. The van der Waals surface area contributed by atoms with Gasteiger partial charge in [-0.1, -0.05) is 30.7 Å². The van der Waals surface area contributed by atoms with Crippen LogP contribution in [0.25, 0.3) is 0 Å². The third kappa shape index (κ3) is 3.98. The van der Waals surface area contributed by atoms with Crippen molar-refractivity contribution in [2.75, 3.05) is 13.1 Å². The number of nitrogens with one attached hydrogen (secondary N) is 2. The Balaban J connectivity index is 0.00000161. The molecular weight excluding hydrogens is 284 g/mol. The van der Waals surface area contributed by atoms with E-state index in [4.69, 9.17) is 0 Å². The van der Waals surface area contributed by atoms with E-state index >= 15 is 0 Å². The zero-order valence-electron chi connectivity index (χ0n) is 12.4. The highest BCUT2D eigenvalue weighted by Gasteiger charge is 2.23. The van der Waals surface area contributed by atoms with Crippen LogP contribution in [0.2, 0.25) is 0 Å². The molecule has 0 aromatic heterocycles. The van der Waals surface area contributed by atoms with Crippen LogP contribution in [0, 0.1) is 0 Å². The lowest BCUT2D eigenvalue weighted by Crippen LogP contribution is -2.47. The van der Waals surface area contributed by atoms with Gasteiger partial charge < -0.3 is 10.6 Å². The molecular formula is C17H25ClN2O. The smallest absolute Gasteiger partial charge is 0.237 e. The third-order valence-electron chi connectivity index (χ3n) is 4.64. The molecule has 2 aliphatic rings. The van der Waals surface area contributed by atoms with Gasteiger partial charge in [0.15, 0.2) is 0 Å². The molecule has 1 aromatic rings. The van der Waals surface area contributed by atoms with Gasteiger partial charge in [-0.05, 0) is 49.8 Å². The number of carbonyl (C=O) groups excluding carboxylic acids is 1.